The molecule has 6 heteroatoms. The summed E-state index contributed by atoms with van der Waals surface area (Å²) in [7, 11) is 3.50. The molecule has 0 fully saturated rings. The first-order valence-electron chi connectivity index (χ1n) is 4.90. The van der Waals surface area contributed by atoms with Gasteiger partial charge >= 0.3 is 0 Å². The van der Waals surface area contributed by atoms with E-state index in [-0.39, 0.29) is 5.91 Å². The highest BCUT2D eigenvalue weighted by molar-refractivity contribution is 7.09. The molecule has 1 rings (SSSR count). The van der Waals surface area contributed by atoms with Gasteiger partial charge in [-0.15, -0.1) is 0 Å². The minimum absolute atomic E-state index is 0.114. The monoisotopic (exact) mass is 228 g/mol. The number of aryl methyl sites for hydroxylation is 1. The molecule has 0 radical (unpaired) electrons. The number of nitrogens with one attached hydrogen (secondary N) is 1. The molecule has 0 atom stereocenters. The SMILES string of the molecule is CCc1nsc(NCCC(=O)N(C)C)n1. The van der Waals surface area contributed by atoms with Gasteiger partial charge in [-0.1, -0.05) is 6.92 Å². The first-order valence-corrected chi connectivity index (χ1v) is 5.67. The standard InChI is InChI=1S/C9H16N4OS/c1-4-7-11-9(15-12-7)10-6-5-8(14)13(2)3/h4-6H2,1-3H3,(H,10,11,12). The van der Waals surface area contributed by atoms with E-state index >= 15 is 0 Å². The third kappa shape index (κ3) is 3.83. The van der Waals surface area contributed by atoms with Gasteiger partial charge < -0.3 is 10.2 Å². The van der Waals surface area contributed by atoms with Gasteiger partial charge in [0.2, 0.25) is 11.0 Å². The van der Waals surface area contributed by atoms with E-state index in [0.717, 1.165) is 17.4 Å². The van der Waals surface area contributed by atoms with E-state index in [2.05, 4.69) is 14.7 Å². The molecule has 15 heavy (non-hydrogen) atoms. The number of nitrogens with zero attached hydrogens (tertiary/aromatic N) is 3. The van der Waals surface area contributed by atoms with Crippen LogP contribution in [0.2, 0.25) is 0 Å². The predicted octanol–water partition coefficient (Wildman–Crippen LogP) is 0.991. The molecule has 0 saturated carbocycles. The Bertz CT molecular complexity index is 324. The molecule has 5 nitrogen and oxygen atoms in total. The van der Waals surface area contributed by atoms with Gasteiger partial charge in [0.05, 0.1) is 0 Å². The second kappa shape index (κ2) is 5.65. The van der Waals surface area contributed by atoms with Gasteiger partial charge in [0.25, 0.3) is 0 Å². The van der Waals surface area contributed by atoms with Crippen molar-refractivity contribution in [1.29, 1.82) is 0 Å². The summed E-state index contributed by atoms with van der Waals surface area (Å²) < 4.78 is 4.14. The molecule has 0 aromatic carbocycles. The lowest BCUT2D eigenvalue weighted by Crippen LogP contribution is -2.23. The van der Waals surface area contributed by atoms with Crippen molar-refractivity contribution in [3.63, 3.8) is 0 Å². The largest absolute Gasteiger partial charge is 0.360 e. The number of carbonyl (C=O) groups excluding carboxylic acids is 1. The number of hydrogen-bond acceptors (Lipinski definition) is 5. The average molecular weight is 228 g/mol. The van der Waals surface area contributed by atoms with Crippen LogP contribution < -0.4 is 5.32 Å². The molecule has 1 heterocycles. The highest BCUT2D eigenvalue weighted by Crippen LogP contribution is 2.10. The van der Waals surface area contributed by atoms with Crippen LogP contribution in [0.3, 0.4) is 0 Å². The average Bonchev–Trinajstić information content (AvgIpc) is 2.65. The van der Waals surface area contributed by atoms with E-state index in [1.165, 1.54) is 11.5 Å². The zero-order valence-corrected chi connectivity index (χ0v) is 10.1. The van der Waals surface area contributed by atoms with E-state index in [1.807, 2.05) is 6.92 Å². The van der Waals surface area contributed by atoms with Gasteiger partial charge in [-0.05, 0) is 0 Å². The number of hydrogen-bond donors (Lipinski definition) is 1. The lowest BCUT2D eigenvalue weighted by atomic mass is 10.4. The fraction of sp³-hybridized carbons (Fsp3) is 0.667. The molecule has 1 amide bonds. The van der Waals surface area contributed by atoms with Gasteiger partial charge in [-0.2, -0.15) is 4.37 Å². The van der Waals surface area contributed by atoms with Crippen LogP contribution in [0.4, 0.5) is 5.13 Å². The molecular formula is C9H16N4OS. The summed E-state index contributed by atoms with van der Waals surface area (Å²) in [4.78, 5) is 17.1. The van der Waals surface area contributed by atoms with E-state index < -0.39 is 0 Å². The molecule has 0 unspecified atom stereocenters. The number of rotatable bonds is 5. The lowest BCUT2D eigenvalue weighted by Gasteiger charge is -2.09. The third-order valence-corrected chi connectivity index (χ3v) is 2.61. The zero-order valence-electron chi connectivity index (χ0n) is 9.28. The van der Waals surface area contributed by atoms with Crippen molar-refractivity contribution in [3.05, 3.63) is 5.82 Å². The Hall–Kier alpha value is -1.17. The van der Waals surface area contributed by atoms with Gasteiger partial charge in [-0.25, -0.2) is 4.98 Å². The first-order chi connectivity index (χ1) is 7.13. The Labute approximate surface area is 93.7 Å². The molecular weight excluding hydrogens is 212 g/mol. The van der Waals surface area contributed by atoms with Crippen molar-refractivity contribution in [2.24, 2.45) is 0 Å². The fourth-order valence-corrected chi connectivity index (χ4v) is 1.64. The molecule has 0 aliphatic rings. The molecule has 84 valence electrons. The first kappa shape index (κ1) is 11.9. The Morgan fingerprint density at radius 3 is 2.80 bits per heavy atom. The summed E-state index contributed by atoms with van der Waals surface area (Å²) in [5.74, 6) is 0.962. The summed E-state index contributed by atoms with van der Waals surface area (Å²) in [6.45, 7) is 2.62. The molecule has 0 aliphatic heterocycles. The zero-order chi connectivity index (χ0) is 11.3. The predicted molar refractivity (Wildman–Crippen MR) is 61.1 cm³/mol. The van der Waals surface area contributed by atoms with E-state index in [4.69, 9.17) is 0 Å². The molecule has 0 saturated heterocycles. The summed E-state index contributed by atoms with van der Waals surface area (Å²) in [6, 6.07) is 0. The molecule has 0 aliphatic carbocycles. The minimum atomic E-state index is 0.114. The van der Waals surface area contributed by atoms with E-state index in [0.29, 0.717) is 13.0 Å². The maximum Gasteiger partial charge on any atom is 0.223 e. The Kier molecular flexibility index (Phi) is 4.48. The number of amides is 1. The van der Waals surface area contributed by atoms with Crippen LogP contribution in [-0.4, -0.2) is 40.8 Å². The Balaban J connectivity index is 2.28. The summed E-state index contributed by atoms with van der Waals surface area (Å²) in [6.07, 6.45) is 1.32. The normalized spacial score (nSPS) is 10.1. The van der Waals surface area contributed by atoms with Crippen LogP contribution in [-0.2, 0) is 11.2 Å². The van der Waals surface area contributed by atoms with Gasteiger partial charge in [0, 0.05) is 45.0 Å². The van der Waals surface area contributed by atoms with Crippen LogP contribution >= 0.6 is 11.5 Å². The molecule has 0 bridgehead atoms. The van der Waals surface area contributed by atoms with Crippen molar-refractivity contribution < 1.29 is 4.79 Å². The van der Waals surface area contributed by atoms with Crippen molar-refractivity contribution in [2.45, 2.75) is 19.8 Å². The van der Waals surface area contributed by atoms with E-state index in [9.17, 15) is 4.79 Å². The van der Waals surface area contributed by atoms with E-state index in [1.54, 1.807) is 19.0 Å². The highest BCUT2D eigenvalue weighted by Gasteiger charge is 2.05. The van der Waals surface area contributed by atoms with Crippen LogP contribution in [0, 0.1) is 0 Å². The fourth-order valence-electron chi connectivity index (χ4n) is 0.969. The van der Waals surface area contributed by atoms with Crippen molar-refractivity contribution >= 4 is 22.6 Å². The van der Waals surface area contributed by atoms with Gasteiger partial charge in [-0.3, -0.25) is 4.79 Å². The third-order valence-electron chi connectivity index (χ3n) is 1.90. The van der Waals surface area contributed by atoms with Crippen LogP contribution in [0.15, 0.2) is 0 Å². The smallest absolute Gasteiger partial charge is 0.223 e. The summed E-state index contributed by atoms with van der Waals surface area (Å²) in [5, 5.41) is 3.87. The topological polar surface area (TPSA) is 58.1 Å². The molecule has 0 spiro atoms. The Morgan fingerprint density at radius 2 is 2.27 bits per heavy atom. The highest BCUT2D eigenvalue weighted by atomic mass is 32.1. The lowest BCUT2D eigenvalue weighted by molar-refractivity contribution is -0.128. The van der Waals surface area contributed by atoms with Crippen LogP contribution in [0.5, 0.6) is 0 Å². The molecule has 1 N–H and O–H groups in total. The van der Waals surface area contributed by atoms with Gasteiger partial charge in [0.1, 0.15) is 5.82 Å². The van der Waals surface area contributed by atoms with Crippen molar-refractivity contribution in [1.82, 2.24) is 14.3 Å². The second-order valence-electron chi connectivity index (χ2n) is 3.33. The second-order valence-corrected chi connectivity index (χ2v) is 4.09. The Morgan fingerprint density at radius 1 is 1.53 bits per heavy atom. The number of carbonyl (C=O) groups is 1. The summed E-state index contributed by atoms with van der Waals surface area (Å²) in [5.41, 5.74) is 0. The maximum absolute atomic E-state index is 11.2. The van der Waals surface area contributed by atoms with Crippen molar-refractivity contribution in [3.8, 4) is 0 Å². The number of aromatic nitrogens is 2. The maximum atomic E-state index is 11.2. The molecule has 1 aromatic rings. The quantitative estimate of drug-likeness (QED) is 0.816. The molecule has 1 aromatic heterocycles. The summed E-state index contributed by atoms with van der Waals surface area (Å²) >= 11 is 1.34. The van der Waals surface area contributed by atoms with Crippen LogP contribution in [0.1, 0.15) is 19.2 Å². The number of anilines is 1. The van der Waals surface area contributed by atoms with Crippen LogP contribution in [0.25, 0.3) is 0 Å². The van der Waals surface area contributed by atoms with Gasteiger partial charge in [0.15, 0.2) is 0 Å². The van der Waals surface area contributed by atoms with Crippen molar-refractivity contribution in [2.75, 3.05) is 26.0 Å². The minimum Gasteiger partial charge on any atom is -0.360 e.